The van der Waals surface area contributed by atoms with Crippen molar-refractivity contribution in [3.05, 3.63) is 36.4 Å². The van der Waals surface area contributed by atoms with Gasteiger partial charge in [0.15, 0.2) is 0 Å². The van der Waals surface area contributed by atoms with Gasteiger partial charge in [0.25, 0.3) is 5.56 Å². The summed E-state index contributed by atoms with van der Waals surface area (Å²) >= 11 is 14.9. The van der Waals surface area contributed by atoms with Crippen LogP contribution < -0.4 is 5.56 Å². The van der Waals surface area contributed by atoms with E-state index >= 15 is 0 Å². The number of hydrogen-bond donors (Lipinski definition) is 1. The summed E-state index contributed by atoms with van der Waals surface area (Å²) in [5, 5.41) is 0. The van der Waals surface area contributed by atoms with Crippen LogP contribution in [0.2, 0.25) is 8.67 Å². The fraction of sp³-hybridized carbons (Fsp3) is 0.200. The van der Waals surface area contributed by atoms with Crippen LogP contribution in [0.5, 0.6) is 0 Å². The number of thiophene rings is 1. The van der Waals surface area contributed by atoms with E-state index in [2.05, 4.69) is 9.97 Å². The summed E-state index contributed by atoms with van der Waals surface area (Å²) in [6.07, 6.45) is 0. The monoisotopic (exact) mass is 304 g/mol. The Bertz CT molecular complexity index is 650. The normalized spacial score (nSPS) is 14.0. The summed E-state index contributed by atoms with van der Waals surface area (Å²) in [5.41, 5.74) is 2.25. The Morgan fingerprint density at radius 2 is 2.18 bits per heavy atom. The van der Waals surface area contributed by atoms with E-state index in [9.17, 15) is 4.79 Å². The maximum Gasteiger partial charge on any atom is 0.255 e. The molecule has 1 N–H and O–H groups in total. The quantitative estimate of drug-likeness (QED) is 0.876. The van der Waals surface area contributed by atoms with Crippen molar-refractivity contribution in [3.63, 3.8) is 0 Å². The Balaban J connectivity index is 2.20. The molecule has 0 bridgehead atoms. The van der Waals surface area contributed by atoms with Crippen molar-refractivity contribution < 1.29 is 0 Å². The fourth-order valence-corrected chi connectivity index (χ4v) is 4.19. The van der Waals surface area contributed by atoms with Crippen LogP contribution in [0.15, 0.2) is 10.9 Å². The SMILES string of the molecule is O=c1[nH]c(-c2cc(Cl)sc2Cl)nc2c1CSC2. The molecule has 0 atom stereocenters. The van der Waals surface area contributed by atoms with Crippen LogP contribution >= 0.6 is 46.3 Å². The molecule has 0 saturated heterocycles. The van der Waals surface area contributed by atoms with Crippen molar-refractivity contribution in [2.75, 3.05) is 0 Å². The zero-order chi connectivity index (χ0) is 12.0. The predicted octanol–water partition coefficient (Wildman–Crippen LogP) is 3.55. The molecule has 2 aromatic heterocycles. The molecule has 1 aliphatic heterocycles. The van der Waals surface area contributed by atoms with E-state index in [1.54, 1.807) is 17.8 Å². The second-order valence-electron chi connectivity index (χ2n) is 3.57. The molecular formula is C10H6Cl2N2OS2. The maximum absolute atomic E-state index is 11.8. The third-order valence-electron chi connectivity index (χ3n) is 2.50. The Labute approximate surface area is 115 Å². The van der Waals surface area contributed by atoms with Gasteiger partial charge >= 0.3 is 0 Å². The smallest absolute Gasteiger partial charge is 0.255 e. The summed E-state index contributed by atoms with van der Waals surface area (Å²) in [7, 11) is 0. The molecule has 7 heteroatoms. The molecule has 0 unspecified atom stereocenters. The molecule has 3 rings (SSSR count). The highest BCUT2D eigenvalue weighted by molar-refractivity contribution is 7.98. The molecule has 0 fully saturated rings. The molecule has 0 spiro atoms. The van der Waals surface area contributed by atoms with Gasteiger partial charge in [-0.1, -0.05) is 23.2 Å². The van der Waals surface area contributed by atoms with Crippen LogP contribution in [0.3, 0.4) is 0 Å². The highest BCUT2D eigenvalue weighted by atomic mass is 35.5. The van der Waals surface area contributed by atoms with Gasteiger partial charge in [-0.25, -0.2) is 4.98 Å². The number of fused-ring (bicyclic) bond motifs is 1. The lowest BCUT2D eigenvalue weighted by Crippen LogP contribution is -2.15. The summed E-state index contributed by atoms with van der Waals surface area (Å²) in [6.45, 7) is 0. The first-order chi connectivity index (χ1) is 8.15. The van der Waals surface area contributed by atoms with E-state index < -0.39 is 0 Å². The van der Waals surface area contributed by atoms with Gasteiger partial charge in [0, 0.05) is 22.6 Å². The van der Waals surface area contributed by atoms with Crippen LogP contribution in [0.4, 0.5) is 0 Å². The Morgan fingerprint density at radius 3 is 2.88 bits per heavy atom. The van der Waals surface area contributed by atoms with Crippen molar-refractivity contribution in [1.29, 1.82) is 0 Å². The number of hydrogen-bond acceptors (Lipinski definition) is 4. The van der Waals surface area contributed by atoms with Crippen LogP contribution in [-0.2, 0) is 11.5 Å². The lowest BCUT2D eigenvalue weighted by Gasteiger charge is -2.01. The van der Waals surface area contributed by atoms with Gasteiger partial charge in [-0.3, -0.25) is 4.79 Å². The number of aromatic amines is 1. The van der Waals surface area contributed by atoms with E-state index in [0.717, 1.165) is 22.8 Å². The molecule has 3 nitrogen and oxygen atoms in total. The van der Waals surface area contributed by atoms with Crippen LogP contribution in [0.25, 0.3) is 11.4 Å². The van der Waals surface area contributed by atoms with Gasteiger partial charge < -0.3 is 4.98 Å². The molecular weight excluding hydrogens is 299 g/mol. The molecule has 0 saturated carbocycles. The largest absolute Gasteiger partial charge is 0.306 e. The van der Waals surface area contributed by atoms with Gasteiger partial charge in [0.05, 0.1) is 10.0 Å². The average Bonchev–Trinajstić information content (AvgIpc) is 2.84. The van der Waals surface area contributed by atoms with E-state index in [0.29, 0.717) is 20.1 Å². The summed E-state index contributed by atoms with van der Waals surface area (Å²) in [4.78, 5) is 19.0. The number of H-pyrrole nitrogens is 1. The van der Waals surface area contributed by atoms with E-state index in [1.807, 2.05) is 0 Å². The topological polar surface area (TPSA) is 45.8 Å². The molecule has 2 aromatic rings. The molecule has 3 heterocycles. The minimum atomic E-state index is -0.0756. The fourth-order valence-electron chi connectivity index (χ4n) is 1.69. The standard InChI is InChI=1S/C10H6Cl2N2OS2/c11-7-1-4(8(12)17-7)9-13-6-3-16-2-5(6)10(15)14-9/h1H,2-3H2,(H,13,14,15). The molecule has 0 amide bonds. The molecule has 0 aromatic carbocycles. The van der Waals surface area contributed by atoms with E-state index in [1.165, 1.54) is 11.3 Å². The Morgan fingerprint density at radius 1 is 1.35 bits per heavy atom. The molecule has 88 valence electrons. The summed E-state index contributed by atoms with van der Waals surface area (Å²) in [5.74, 6) is 2.02. The van der Waals surface area contributed by atoms with Crippen molar-refractivity contribution in [2.45, 2.75) is 11.5 Å². The van der Waals surface area contributed by atoms with Gasteiger partial charge in [0.2, 0.25) is 0 Å². The first kappa shape index (κ1) is 11.6. The van der Waals surface area contributed by atoms with Gasteiger partial charge in [0.1, 0.15) is 10.2 Å². The number of halogens is 2. The Hall–Kier alpha value is -0.490. The molecule has 0 radical (unpaired) electrons. The first-order valence-electron chi connectivity index (χ1n) is 4.80. The lowest BCUT2D eigenvalue weighted by atomic mass is 10.2. The highest BCUT2D eigenvalue weighted by Crippen LogP contribution is 2.37. The minimum absolute atomic E-state index is 0.0756. The van der Waals surface area contributed by atoms with Gasteiger partial charge in [-0.2, -0.15) is 11.8 Å². The van der Waals surface area contributed by atoms with Crippen molar-refractivity contribution in [1.82, 2.24) is 9.97 Å². The van der Waals surface area contributed by atoms with Crippen LogP contribution in [-0.4, -0.2) is 9.97 Å². The van der Waals surface area contributed by atoms with Gasteiger partial charge in [-0.15, -0.1) is 11.3 Å². The second kappa shape index (κ2) is 4.31. The number of aromatic nitrogens is 2. The molecule has 0 aliphatic carbocycles. The van der Waals surface area contributed by atoms with Crippen LogP contribution in [0.1, 0.15) is 11.3 Å². The second-order valence-corrected chi connectivity index (χ2v) is 6.84. The number of nitrogens with one attached hydrogen (secondary N) is 1. The minimum Gasteiger partial charge on any atom is -0.306 e. The third kappa shape index (κ3) is 2.01. The zero-order valence-corrected chi connectivity index (χ0v) is 11.6. The number of nitrogens with zero attached hydrogens (tertiary/aromatic N) is 1. The predicted molar refractivity (Wildman–Crippen MR) is 73.2 cm³/mol. The van der Waals surface area contributed by atoms with Crippen LogP contribution in [0, 0.1) is 0 Å². The molecule has 17 heavy (non-hydrogen) atoms. The van der Waals surface area contributed by atoms with E-state index in [4.69, 9.17) is 23.2 Å². The van der Waals surface area contributed by atoms with Crippen molar-refractivity contribution >= 4 is 46.3 Å². The summed E-state index contributed by atoms with van der Waals surface area (Å²) in [6, 6.07) is 1.72. The zero-order valence-electron chi connectivity index (χ0n) is 8.42. The average molecular weight is 305 g/mol. The number of rotatable bonds is 1. The van der Waals surface area contributed by atoms with Crippen molar-refractivity contribution in [3.8, 4) is 11.4 Å². The first-order valence-corrected chi connectivity index (χ1v) is 7.53. The van der Waals surface area contributed by atoms with E-state index in [-0.39, 0.29) is 5.56 Å². The molecule has 1 aliphatic rings. The Kier molecular flexibility index (Phi) is 2.94. The highest BCUT2D eigenvalue weighted by Gasteiger charge is 2.19. The maximum atomic E-state index is 11.8. The summed E-state index contributed by atoms with van der Waals surface area (Å²) < 4.78 is 1.13. The lowest BCUT2D eigenvalue weighted by molar-refractivity contribution is 1.04. The third-order valence-corrected chi connectivity index (χ3v) is 4.96. The number of thioether (sulfide) groups is 1. The van der Waals surface area contributed by atoms with Gasteiger partial charge in [-0.05, 0) is 6.07 Å². The van der Waals surface area contributed by atoms with Crippen molar-refractivity contribution in [2.24, 2.45) is 0 Å².